The Hall–Kier alpha value is -2.62. The van der Waals surface area contributed by atoms with Crippen molar-refractivity contribution in [1.82, 2.24) is 4.90 Å². The Balaban J connectivity index is 2.17. The van der Waals surface area contributed by atoms with Crippen molar-refractivity contribution in [2.45, 2.75) is 19.9 Å². The van der Waals surface area contributed by atoms with E-state index in [0.717, 1.165) is 11.1 Å². The number of hydrogen-bond donors (Lipinski definition) is 0. The third-order valence-corrected chi connectivity index (χ3v) is 3.58. The molecule has 0 saturated carbocycles. The number of methoxy groups -OCH3 is 1. The molecule has 120 valence electrons. The first-order valence-corrected chi connectivity index (χ1v) is 7.57. The first-order valence-electron chi connectivity index (χ1n) is 7.57. The second-order valence-electron chi connectivity index (χ2n) is 5.41. The van der Waals surface area contributed by atoms with Crippen LogP contribution in [-0.4, -0.2) is 30.4 Å². The molecule has 2 aromatic rings. The van der Waals surface area contributed by atoms with Gasteiger partial charge in [0, 0.05) is 18.7 Å². The second-order valence-corrected chi connectivity index (χ2v) is 5.41. The van der Waals surface area contributed by atoms with Crippen LogP contribution in [0.25, 0.3) is 0 Å². The second kappa shape index (κ2) is 8.13. The van der Waals surface area contributed by atoms with E-state index in [9.17, 15) is 9.59 Å². The monoisotopic (exact) mass is 311 g/mol. The van der Waals surface area contributed by atoms with Crippen LogP contribution in [0.5, 0.6) is 0 Å². The van der Waals surface area contributed by atoms with Gasteiger partial charge in [-0.05, 0) is 24.6 Å². The molecular weight excluding hydrogens is 290 g/mol. The third kappa shape index (κ3) is 4.95. The summed E-state index contributed by atoms with van der Waals surface area (Å²) in [5.41, 5.74) is 2.69. The van der Waals surface area contributed by atoms with Crippen LogP contribution < -0.4 is 0 Å². The summed E-state index contributed by atoms with van der Waals surface area (Å²) in [5, 5.41) is 0. The average Bonchev–Trinajstić information content (AvgIpc) is 2.58. The molecule has 0 atom stereocenters. The molecular formula is C19H21NO3. The number of carbonyl (C=O) groups excluding carboxylic acids is 2. The Morgan fingerprint density at radius 3 is 2.43 bits per heavy atom. The van der Waals surface area contributed by atoms with E-state index in [4.69, 9.17) is 0 Å². The molecule has 2 rings (SSSR count). The fourth-order valence-electron chi connectivity index (χ4n) is 2.35. The quantitative estimate of drug-likeness (QED) is 0.770. The topological polar surface area (TPSA) is 46.6 Å². The van der Waals surface area contributed by atoms with Crippen LogP contribution in [-0.2, 0) is 16.1 Å². The lowest BCUT2D eigenvalue weighted by molar-refractivity contribution is -0.140. The molecule has 0 saturated heterocycles. The highest BCUT2D eigenvalue weighted by atomic mass is 16.5. The van der Waals surface area contributed by atoms with Gasteiger partial charge in [0.1, 0.15) is 0 Å². The van der Waals surface area contributed by atoms with E-state index in [2.05, 4.69) is 4.74 Å². The van der Waals surface area contributed by atoms with E-state index in [1.807, 2.05) is 55.5 Å². The Bertz CT molecular complexity index is 667. The molecule has 4 nitrogen and oxygen atoms in total. The Kier molecular flexibility index (Phi) is 5.92. The maximum Gasteiger partial charge on any atom is 0.307 e. The first-order chi connectivity index (χ1) is 11.1. The molecule has 0 fully saturated rings. The normalized spacial score (nSPS) is 10.2. The molecule has 0 radical (unpaired) electrons. The minimum absolute atomic E-state index is 0.0820. The lowest BCUT2D eigenvalue weighted by Crippen LogP contribution is -2.32. The van der Waals surface area contributed by atoms with Crippen molar-refractivity contribution in [1.29, 1.82) is 0 Å². The molecule has 1 amide bonds. The summed E-state index contributed by atoms with van der Waals surface area (Å²) >= 11 is 0. The molecule has 0 N–H and O–H groups in total. The Morgan fingerprint density at radius 2 is 1.78 bits per heavy atom. The lowest BCUT2D eigenvalue weighted by atomic mass is 10.1. The number of rotatable bonds is 6. The van der Waals surface area contributed by atoms with Gasteiger partial charge < -0.3 is 9.64 Å². The SMILES string of the molecule is COC(=O)CCN(Cc1ccccc1)C(=O)c1cccc(C)c1. The Labute approximate surface area is 136 Å². The lowest BCUT2D eigenvalue weighted by Gasteiger charge is -2.22. The number of benzene rings is 2. The van der Waals surface area contributed by atoms with Gasteiger partial charge in [0.25, 0.3) is 5.91 Å². The van der Waals surface area contributed by atoms with Crippen LogP contribution in [0.15, 0.2) is 54.6 Å². The van der Waals surface area contributed by atoms with Crippen LogP contribution in [0.1, 0.15) is 27.9 Å². The van der Waals surface area contributed by atoms with Crippen LogP contribution in [0.4, 0.5) is 0 Å². The van der Waals surface area contributed by atoms with Gasteiger partial charge in [0.05, 0.1) is 13.5 Å². The molecule has 23 heavy (non-hydrogen) atoms. The van der Waals surface area contributed by atoms with E-state index in [1.165, 1.54) is 7.11 Å². The van der Waals surface area contributed by atoms with E-state index >= 15 is 0 Å². The van der Waals surface area contributed by atoms with Gasteiger partial charge >= 0.3 is 5.97 Å². The number of ether oxygens (including phenoxy) is 1. The number of nitrogens with zero attached hydrogens (tertiary/aromatic N) is 1. The zero-order valence-electron chi connectivity index (χ0n) is 13.5. The molecule has 2 aromatic carbocycles. The number of esters is 1. The van der Waals surface area contributed by atoms with Gasteiger partial charge in [0.15, 0.2) is 0 Å². The van der Waals surface area contributed by atoms with Gasteiger partial charge in [-0.25, -0.2) is 0 Å². The van der Waals surface area contributed by atoms with Crippen molar-refractivity contribution in [3.8, 4) is 0 Å². The highest BCUT2D eigenvalue weighted by molar-refractivity contribution is 5.94. The first kappa shape index (κ1) is 16.7. The van der Waals surface area contributed by atoms with Crippen molar-refractivity contribution < 1.29 is 14.3 Å². The molecule has 0 spiro atoms. The smallest absolute Gasteiger partial charge is 0.307 e. The highest BCUT2D eigenvalue weighted by Gasteiger charge is 2.17. The van der Waals surface area contributed by atoms with E-state index in [1.54, 1.807) is 11.0 Å². The largest absolute Gasteiger partial charge is 0.469 e. The molecule has 0 aromatic heterocycles. The minimum Gasteiger partial charge on any atom is -0.469 e. The predicted molar refractivity (Wildman–Crippen MR) is 89.0 cm³/mol. The molecule has 0 heterocycles. The van der Waals surface area contributed by atoms with Crippen molar-refractivity contribution in [3.05, 3.63) is 71.3 Å². The Morgan fingerprint density at radius 1 is 1.04 bits per heavy atom. The van der Waals surface area contributed by atoms with E-state index < -0.39 is 0 Å². The number of aryl methyl sites for hydroxylation is 1. The van der Waals surface area contributed by atoms with Crippen LogP contribution in [0.2, 0.25) is 0 Å². The molecule has 0 bridgehead atoms. The summed E-state index contributed by atoms with van der Waals surface area (Å²) in [5.74, 6) is -0.401. The highest BCUT2D eigenvalue weighted by Crippen LogP contribution is 2.12. The van der Waals surface area contributed by atoms with Gasteiger partial charge in [-0.2, -0.15) is 0 Å². The number of carbonyl (C=O) groups is 2. The van der Waals surface area contributed by atoms with E-state index in [0.29, 0.717) is 18.7 Å². The van der Waals surface area contributed by atoms with Crippen molar-refractivity contribution in [2.75, 3.05) is 13.7 Å². The van der Waals surface area contributed by atoms with Crippen LogP contribution in [0.3, 0.4) is 0 Å². The molecule has 0 unspecified atom stereocenters. The van der Waals surface area contributed by atoms with Gasteiger partial charge in [0.2, 0.25) is 0 Å². The maximum absolute atomic E-state index is 12.8. The minimum atomic E-state index is -0.319. The van der Waals surface area contributed by atoms with Crippen LogP contribution >= 0.6 is 0 Å². The fraction of sp³-hybridized carbons (Fsp3) is 0.263. The average molecular weight is 311 g/mol. The van der Waals surface area contributed by atoms with Gasteiger partial charge in [-0.3, -0.25) is 9.59 Å². The molecule has 0 aliphatic heterocycles. The molecule has 4 heteroatoms. The summed E-state index contributed by atoms with van der Waals surface area (Å²) < 4.78 is 4.68. The number of amides is 1. The standard InChI is InChI=1S/C19H21NO3/c1-15-7-6-10-17(13-15)19(22)20(12-11-18(21)23-2)14-16-8-4-3-5-9-16/h3-10,13H,11-12,14H2,1-2H3. The molecule has 0 aliphatic carbocycles. The van der Waals surface area contributed by atoms with Gasteiger partial charge in [-0.1, -0.05) is 48.0 Å². The van der Waals surface area contributed by atoms with Crippen molar-refractivity contribution in [3.63, 3.8) is 0 Å². The zero-order chi connectivity index (χ0) is 16.7. The maximum atomic E-state index is 12.8. The van der Waals surface area contributed by atoms with Crippen LogP contribution in [0, 0.1) is 6.92 Å². The summed E-state index contributed by atoms with van der Waals surface area (Å²) in [6.45, 7) is 2.74. The fourth-order valence-corrected chi connectivity index (χ4v) is 2.35. The van der Waals surface area contributed by atoms with Crippen molar-refractivity contribution in [2.24, 2.45) is 0 Å². The van der Waals surface area contributed by atoms with Crippen molar-refractivity contribution >= 4 is 11.9 Å². The number of hydrogen-bond acceptors (Lipinski definition) is 3. The summed E-state index contributed by atoms with van der Waals surface area (Å²) in [6, 6.07) is 17.2. The zero-order valence-corrected chi connectivity index (χ0v) is 13.5. The van der Waals surface area contributed by atoms with E-state index in [-0.39, 0.29) is 18.3 Å². The summed E-state index contributed by atoms with van der Waals surface area (Å²) in [7, 11) is 1.35. The third-order valence-electron chi connectivity index (χ3n) is 3.58. The van der Waals surface area contributed by atoms with Gasteiger partial charge in [-0.15, -0.1) is 0 Å². The molecule has 0 aliphatic rings. The summed E-state index contributed by atoms with van der Waals surface area (Å²) in [4.78, 5) is 25.9. The predicted octanol–water partition coefficient (Wildman–Crippen LogP) is 3.20. The summed E-state index contributed by atoms with van der Waals surface area (Å²) in [6.07, 6.45) is 0.181.